The zero-order valence-electron chi connectivity index (χ0n) is 11.0. The number of thiophene rings is 1. The van der Waals surface area contributed by atoms with Crippen LogP contribution in [0.15, 0.2) is 15.9 Å². The molecular weight excluding hydrogens is 437 g/mol. The summed E-state index contributed by atoms with van der Waals surface area (Å²) in [6.07, 6.45) is 0. The van der Waals surface area contributed by atoms with Crippen LogP contribution in [0.1, 0.15) is 32.4 Å². The van der Waals surface area contributed by atoms with Crippen molar-refractivity contribution < 1.29 is 0 Å². The summed E-state index contributed by atoms with van der Waals surface area (Å²) in [6.45, 7) is 7.25. The van der Waals surface area contributed by atoms with Crippen molar-refractivity contribution in [1.29, 1.82) is 0 Å². The number of hydrogen-bond acceptors (Lipinski definition) is 4. The fourth-order valence-electron chi connectivity index (χ4n) is 1.69. The second kappa shape index (κ2) is 6.49. The molecule has 0 radical (unpaired) electrons. The predicted octanol–water partition coefficient (Wildman–Crippen LogP) is 5.13. The minimum atomic E-state index is 0.379. The van der Waals surface area contributed by atoms with Gasteiger partial charge in [0.25, 0.3) is 0 Å². The molecule has 0 amide bonds. The van der Waals surface area contributed by atoms with E-state index in [1.807, 2.05) is 11.4 Å². The third kappa shape index (κ3) is 3.28. The standard InChI is InChI=1S/C13H15BrIN3S/c1-4-16-12-9(15)10(7(2)3)17-13(18-12)11-8(14)5-6-19-11/h5-7H,4H2,1-3H3,(H,16,17,18). The SMILES string of the molecule is CCNc1nc(-c2sccc2Br)nc(C(C)C)c1I. The highest BCUT2D eigenvalue weighted by atomic mass is 127. The van der Waals surface area contributed by atoms with Gasteiger partial charge in [-0.05, 0) is 62.8 Å². The number of anilines is 1. The van der Waals surface area contributed by atoms with E-state index in [9.17, 15) is 0 Å². The van der Waals surface area contributed by atoms with Gasteiger partial charge in [-0.3, -0.25) is 0 Å². The van der Waals surface area contributed by atoms with Crippen LogP contribution in [0.2, 0.25) is 0 Å². The van der Waals surface area contributed by atoms with Crippen LogP contribution in [0.5, 0.6) is 0 Å². The summed E-state index contributed by atoms with van der Waals surface area (Å²) in [5, 5.41) is 5.37. The highest BCUT2D eigenvalue weighted by molar-refractivity contribution is 14.1. The molecule has 2 aromatic heterocycles. The number of hydrogen-bond donors (Lipinski definition) is 1. The van der Waals surface area contributed by atoms with E-state index in [0.717, 1.165) is 36.8 Å². The van der Waals surface area contributed by atoms with Crippen molar-refractivity contribution in [3.8, 4) is 10.7 Å². The van der Waals surface area contributed by atoms with Crippen molar-refractivity contribution in [2.45, 2.75) is 26.7 Å². The molecule has 0 atom stereocenters. The lowest BCUT2D eigenvalue weighted by Gasteiger charge is -2.14. The zero-order valence-corrected chi connectivity index (χ0v) is 15.6. The van der Waals surface area contributed by atoms with Crippen LogP contribution in [0.3, 0.4) is 0 Å². The molecule has 0 aliphatic rings. The van der Waals surface area contributed by atoms with E-state index < -0.39 is 0 Å². The summed E-state index contributed by atoms with van der Waals surface area (Å²) in [6, 6.07) is 2.03. The van der Waals surface area contributed by atoms with Crippen LogP contribution < -0.4 is 5.32 Å². The lowest BCUT2D eigenvalue weighted by Crippen LogP contribution is -2.08. The van der Waals surface area contributed by atoms with E-state index in [0.29, 0.717) is 5.92 Å². The smallest absolute Gasteiger partial charge is 0.173 e. The molecule has 0 spiro atoms. The van der Waals surface area contributed by atoms with Crippen LogP contribution in [-0.2, 0) is 0 Å². The fourth-order valence-corrected chi connectivity index (χ4v) is 4.22. The van der Waals surface area contributed by atoms with Crippen LogP contribution in [0.25, 0.3) is 10.7 Å². The lowest BCUT2D eigenvalue weighted by atomic mass is 10.1. The van der Waals surface area contributed by atoms with Crippen LogP contribution >= 0.6 is 49.9 Å². The molecule has 0 aliphatic carbocycles. The van der Waals surface area contributed by atoms with Gasteiger partial charge in [-0.25, -0.2) is 9.97 Å². The fraction of sp³-hybridized carbons (Fsp3) is 0.385. The van der Waals surface area contributed by atoms with Crippen LogP contribution in [0, 0.1) is 3.57 Å². The Morgan fingerprint density at radius 3 is 2.68 bits per heavy atom. The van der Waals surface area contributed by atoms with E-state index >= 15 is 0 Å². The van der Waals surface area contributed by atoms with Crippen molar-refractivity contribution in [1.82, 2.24) is 9.97 Å². The minimum Gasteiger partial charge on any atom is -0.369 e. The van der Waals surface area contributed by atoms with Crippen LogP contribution in [0.4, 0.5) is 5.82 Å². The quantitative estimate of drug-likeness (QED) is 0.655. The largest absolute Gasteiger partial charge is 0.369 e. The molecule has 0 aliphatic heterocycles. The summed E-state index contributed by atoms with van der Waals surface area (Å²) in [5.74, 6) is 2.10. The Kier molecular flexibility index (Phi) is 5.19. The molecule has 0 saturated heterocycles. The van der Waals surface area contributed by atoms with Gasteiger partial charge in [-0.2, -0.15) is 0 Å². The average molecular weight is 452 g/mol. The first-order valence-corrected chi connectivity index (χ1v) is 8.84. The van der Waals surface area contributed by atoms with Gasteiger partial charge in [0.15, 0.2) is 5.82 Å². The molecule has 3 nitrogen and oxygen atoms in total. The summed E-state index contributed by atoms with van der Waals surface area (Å²) < 4.78 is 2.17. The first kappa shape index (κ1) is 15.2. The molecule has 1 N–H and O–H groups in total. The molecule has 6 heteroatoms. The van der Waals surface area contributed by atoms with E-state index in [1.165, 1.54) is 0 Å². The second-order valence-corrected chi connectivity index (χ2v) is 7.23. The van der Waals surface area contributed by atoms with Crippen molar-refractivity contribution >= 4 is 55.7 Å². The summed E-state index contributed by atoms with van der Waals surface area (Å²) in [7, 11) is 0. The summed E-state index contributed by atoms with van der Waals surface area (Å²) in [5.41, 5.74) is 1.10. The molecule has 2 heterocycles. The molecule has 19 heavy (non-hydrogen) atoms. The molecule has 2 rings (SSSR count). The third-order valence-electron chi connectivity index (χ3n) is 2.59. The summed E-state index contributed by atoms with van der Waals surface area (Å²) >= 11 is 7.54. The van der Waals surface area contributed by atoms with Gasteiger partial charge in [0.05, 0.1) is 14.1 Å². The lowest BCUT2D eigenvalue weighted by molar-refractivity contribution is 0.809. The zero-order chi connectivity index (χ0) is 14.0. The maximum atomic E-state index is 4.74. The first-order chi connectivity index (χ1) is 9.04. The maximum Gasteiger partial charge on any atom is 0.173 e. The van der Waals surface area contributed by atoms with Gasteiger partial charge in [0, 0.05) is 11.0 Å². The molecule has 102 valence electrons. The number of nitrogens with zero attached hydrogens (tertiary/aromatic N) is 2. The second-order valence-electron chi connectivity index (χ2n) is 4.38. The van der Waals surface area contributed by atoms with Gasteiger partial charge < -0.3 is 5.32 Å². The molecular formula is C13H15BrIN3S. The molecule has 0 unspecified atom stereocenters. The normalized spacial score (nSPS) is 11.1. The number of halogens is 2. The number of rotatable bonds is 4. The van der Waals surface area contributed by atoms with Gasteiger partial charge in [0.2, 0.25) is 0 Å². The van der Waals surface area contributed by atoms with Crippen LogP contribution in [-0.4, -0.2) is 16.5 Å². The van der Waals surface area contributed by atoms with Gasteiger partial charge >= 0.3 is 0 Å². The molecule has 0 saturated carbocycles. The van der Waals surface area contributed by atoms with Gasteiger partial charge in [-0.1, -0.05) is 13.8 Å². The Hall–Kier alpha value is -0.210. The Labute approximate surface area is 139 Å². The highest BCUT2D eigenvalue weighted by Gasteiger charge is 2.17. The monoisotopic (exact) mass is 451 g/mol. The van der Waals surface area contributed by atoms with Crippen molar-refractivity contribution in [2.24, 2.45) is 0 Å². The highest BCUT2D eigenvalue weighted by Crippen LogP contribution is 2.34. The average Bonchev–Trinajstić information content (AvgIpc) is 2.78. The Morgan fingerprint density at radius 1 is 1.42 bits per heavy atom. The molecule has 0 fully saturated rings. The molecule has 0 bridgehead atoms. The Morgan fingerprint density at radius 2 is 2.16 bits per heavy atom. The Balaban J connectivity index is 2.59. The van der Waals surface area contributed by atoms with E-state index in [4.69, 9.17) is 4.98 Å². The van der Waals surface area contributed by atoms with E-state index in [-0.39, 0.29) is 0 Å². The summed E-state index contributed by atoms with van der Waals surface area (Å²) in [4.78, 5) is 10.5. The Bertz CT molecular complexity index is 583. The van der Waals surface area contributed by atoms with Crippen molar-refractivity contribution in [3.05, 3.63) is 25.2 Å². The predicted molar refractivity (Wildman–Crippen MR) is 94.0 cm³/mol. The first-order valence-electron chi connectivity index (χ1n) is 6.09. The van der Waals surface area contributed by atoms with Crippen molar-refractivity contribution in [2.75, 3.05) is 11.9 Å². The van der Waals surface area contributed by atoms with E-state index in [2.05, 4.69) is 69.6 Å². The molecule has 0 aromatic carbocycles. The van der Waals surface area contributed by atoms with Gasteiger partial charge in [-0.15, -0.1) is 11.3 Å². The third-order valence-corrected chi connectivity index (χ3v) is 5.49. The minimum absolute atomic E-state index is 0.379. The van der Waals surface area contributed by atoms with E-state index in [1.54, 1.807) is 11.3 Å². The number of aromatic nitrogens is 2. The molecule has 2 aromatic rings. The topological polar surface area (TPSA) is 37.8 Å². The van der Waals surface area contributed by atoms with Gasteiger partial charge in [0.1, 0.15) is 5.82 Å². The maximum absolute atomic E-state index is 4.74. The number of nitrogens with one attached hydrogen (secondary N) is 1. The van der Waals surface area contributed by atoms with Crippen molar-refractivity contribution in [3.63, 3.8) is 0 Å².